The summed E-state index contributed by atoms with van der Waals surface area (Å²) in [7, 11) is 0. The number of thiazole rings is 1. The highest BCUT2D eigenvalue weighted by Crippen LogP contribution is 2.27. The van der Waals surface area contributed by atoms with Crippen LogP contribution in [0.2, 0.25) is 5.15 Å². The van der Waals surface area contributed by atoms with Crippen LogP contribution in [0.25, 0.3) is 11.3 Å². The molecule has 16 heavy (non-hydrogen) atoms. The molecule has 2 heterocycles. The first-order chi connectivity index (χ1) is 7.61. The van der Waals surface area contributed by atoms with E-state index in [9.17, 15) is 0 Å². The lowest BCUT2D eigenvalue weighted by atomic mass is 10.1. The van der Waals surface area contributed by atoms with Crippen molar-refractivity contribution in [2.45, 2.75) is 20.4 Å². The molecule has 0 unspecified atom stereocenters. The van der Waals surface area contributed by atoms with Crippen molar-refractivity contribution in [3.63, 3.8) is 0 Å². The minimum Gasteiger partial charge on any atom is -0.326 e. The molecule has 2 N–H and O–H groups in total. The minimum atomic E-state index is 0.391. The minimum absolute atomic E-state index is 0.391. The lowest BCUT2D eigenvalue weighted by molar-refractivity contribution is 1.03. The first-order valence-electron chi connectivity index (χ1n) is 4.90. The maximum atomic E-state index is 5.99. The molecule has 0 saturated heterocycles. The molecule has 0 aliphatic rings. The molecule has 0 bridgehead atoms. The number of hydrogen-bond donors (Lipinski definition) is 1. The van der Waals surface area contributed by atoms with Gasteiger partial charge >= 0.3 is 0 Å². The van der Waals surface area contributed by atoms with Gasteiger partial charge in [0.25, 0.3) is 0 Å². The summed E-state index contributed by atoms with van der Waals surface area (Å²) in [5.41, 5.74) is 9.30. The largest absolute Gasteiger partial charge is 0.326 e. The first-order valence-corrected chi connectivity index (χ1v) is 6.16. The zero-order valence-electron chi connectivity index (χ0n) is 9.12. The number of pyridine rings is 1. The molecule has 0 spiro atoms. The standard InChI is InChI=1S/C11H12ClN3S/c1-6-9(10-5-16-7(2)15-10)3-8(4-13)11(12)14-6/h3,5H,4,13H2,1-2H3. The summed E-state index contributed by atoms with van der Waals surface area (Å²) in [6.07, 6.45) is 0. The molecule has 2 aromatic heterocycles. The molecule has 0 radical (unpaired) electrons. The second kappa shape index (κ2) is 4.49. The van der Waals surface area contributed by atoms with Crippen molar-refractivity contribution in [3.05, 3.63) is 32.9 Å². The fourth-order valence-corrected chi connectivity index (χ4v) is 2.38. The van der Waals surface area contributed by atoms with Crippen LogP contribution in [0.5, 0.6) is 0 Å². The third-order valence-corrected chi connectivity index (χ3v) is 3.45. The van der Waals surface area contributed by atoms with Gasteiger partial charge in [0.15, 0.2) is 0 Å². The maximum absolute atomic E-state index is 5.99. The van der Waals surface area contributed by atoms with E-state index in [1.165, 1.54) is 0 Å². The van der Waals surface area contributed by atoms with Crippen molar-refractivity contribution in [2.75, 3.05) is 0 Å². The number of nitrogens with zero attached hydrogens (tertiary/aromatic N) is 2. The van der Waals surface area contributed by atoms with E-state index in [-0.39, 0.29) is 0 Å². The quantitative estimate of drug-likeness (QED) is 0.838. The molecule has 84 valence electrons. The number of nitrogens with two attached hydrogens (primary N) is 1. The molecule has 5 heteroatoms. The van der Waals surface area contributed by atoms with Gasteiger partial charge < -0.3 is 5.73 Å². The van der Waals surface area contributed by atoms with Crippen LogP contribution >= 0.6 is 22.9 Å². The van der Waals surface area contributed by atoms with Crippen LogP contribution in [-0.2, 0) is 6.54 Å². The summed E-state index contributed by atoms with van der Waals surface area (Å²) in [6.45, 7) is 4.30. The zero-order valence-corrected chi connectivity index (χ0v) is 10.7. The molecule has 0 saturated carbocycles. The topological polar surface area (TPSA) is 51.8 Å². The molecule has 0 amide bonds. The Morgan fingerprint density at radius 3 is 2.69 bits per heavy atom. The van der Waals surface area contributed by atoms with E-state index < -0.39 is 0 Å². The Labute approximate surface area is 103 Å². The van der Waals surface area contributed by atoms with E-state index in [2.05, 4.69) is 9.97 Å². The van der Waals surface area contributed by atoms with Gasteiger partial charge in [0.1, 0.15) is 5.15 Å². The molecule has 0 atom stereocenters. The van der Waals surface area contributed by atoms with Crippen LogP contribution in [0.4, 0.5) is 0 Å². The Morgan fingerprint density at radius 2 is 2.12 bits per heavy atom. The van der Waals surface area contributed by atoms with E-state index in [0.29, 0.717) is 11.7 Å². The number of rotatable bonds is 2. The van der Waals surface area contributed by atoms with E-state index in [1.807, 2.05) is 25.3 Å². The van der Waals surface area contributed by atoms with Gasteiger partial charge in [0.2, 0.25) is 0 Å². The number of hydrogen-bond acceptors (Lipinski definition) is 4. The fourth-order valence-electron chi connectivity index (χ4n) is 1.51. The highest BCUT2D eigenvalue weighted by molar-refractivity contribution is 7.09. The van der Waals surface area contributed by atoms with Gasteiger partial charge in [-0.05, 0) is 19.9 Å². The van der Waals surface area contributed by atoms with Crippen molar-refractivity contribution in [1.82, 2.24) is 9.97 Å². The van der Waals surface area contributed by atoms with Crippen LogP contribution in [0.15, 0.2) is 11.4 Å². The van der Waals surface area contributed by atoms with E-state index in [4.69, 9.17) is 17.3 Å². The second-order valence-electron chi connectivity index (χ2n) is 3.53. The van der Waals surface area contributed by atoms with Crippen LogP contribution in [0.3, 0.4) is 0 Å². The van der Waals surface area contributed by atoms with Crippen molar-refractivity contribution >= 4 is 22.9 Å². The summed E-state index contributed by atoms with van der Waals surface area (Å²) < 4.78 is 0. The third kappa shape index (κ3) is 2.09. The molecule has 2 aromatic rings. The molecule has 0 aliphatic heterocycles. The highest BCUT2D eigenvalue weighted by Gasteiger charge is 2.10. The average molecular weight is 254 g/mol. The lowest BCUT2D eigenvalue weighted by Gasteiger charge is -2.06. The smallest absolute Gasteiger partial charge is 0.133 e. The number of aryl methyl sites for hydroxylation is 2. The van der Waals surface area contributed by atoms with Gasteiger partial charge in [0.05, 0.1) is 10.7 Å². The Bertz CT molecular complexity index is 522. The summed E-state index contributed by atoms with van der Waals surface area (Å²) in [6, 6.07) is 1.97. The summed E-state index contributed by atoms with van der Waals surface area (Å²) in [5, 5.41) is 3.54. The second-order valence-corrected chi connectivity index (χ2v) is 4.95. The zero-order chi connectivity index (χ0) is 11.7. The summed E-state index contributed by atoms with van der Waals surface area (Å²) in [5.74, 6) is 0. The summed E-state index contributed by atoms with van der Waals surface area (Å²) >= 11 is 7.61. The van der Waals surface area contributed by atoms with Crippen molar-refractivity contribution in [3.8, 4) is 11.3 Å². The van der Waals surface area contributed by atoms with Gasteiger partial charge in [0, 0.05) is 28.7 Å². The lowest BCUT2D eigenvalue weighted by Crippen LogP contribution is -2.01. The van der Waals surface area contributed by atoms with Crippen LogP contribution in [-0.4, -0.2) is 9.97 Å². The molecule has 2 rings (SSSR count). The SMILES string of the molecule is Cc1nc(-c2cc(CN)c(Cl)nc2C)cs1. The number of aromatic nitrogens is 2. The fraction of sp³-hybridized carbons (Fsp3) is 0.273. The van der Waals surface area contributed by atoms with Gasteiger partial charge in [-0.15, -0.1) is 11.3 Å². The summed E-state index contributed by atoms with van der Waals surface area (Å²) in [4.78, 5) is 8.72. The van der Waals surface area contributed by atoms with Crippen molar-refractivity contribution in [2.24, 2.45) is 5.73 Å². The van der Waals surface area contributed by atoms with Crippen LogP contribution in [0.1, 0.15) is 16.3 Å². The monoisotopic (exact) mass is 253 g/mol. The van der Waals surface area contributed by atoms with Gasteiger partial charge in [-0.2, -0.15) is 0 Å². The number of halogens is 1. The Balaban J connectivity index is 2.56. The maximum Gasteiger partial charge on any atom is 0.133 e. The van der Waals surface area contributed by atoms with E-state index in [0.717, 1.165) is 27.5 Å². The highest BCUT2D eigenvalue weighted by atomic mass is 35.5. The van der Waals surface area contributed by atoms with Crippen LogP contribution < -0.4 is 5.73 Å². The Kier molecular flexibility index (Phi) is 3.23. The molecular weight excluding hydrogens is 242 g/mol. The predicted molar refractivity (Wildman–Crippen MR) is 67.7 cm³/mol. The first kappa shape index (κ1) is 11.5. The third-order valence-electron chi connectivity index (χ3n) is 2.35. The van der Waals surface area contributed by atoms with Gasteiger partial charge in [-0.25, -0.2) is 9.97 Å². The normalized spacial score (nSPS) is 10.8. The molecule has 0 aliphatic carbocycles. The van der Waals surface area contributed by atoms with Crippen LogP contribution in [0, 0.1) is 13.8 Å². The molecule has 0 fully saturated rings. The Hall–Kier alpha value is -0.970. The molecular formula is C11H12ClN3S. The molecule has 0 aromatic carbocycles. The molecule has 3 nitrogen and oxygen atoms in total. The van der Waals surface area contributed by atoms with Gasteiger partial charge in [-0.3, -0.25) is 0 Å². The van der Waals surface area contributed by atoms with E-state index >= 15 is 0 Å². The predicted octanol–water partition coefficient (Wildman–Crippen LogP) is 2.93. The van der Waals surface area contributed by atoms with Gasteiger partial charge in [-0.1, -0.05) is 11.6 Å². The average Bonchev–Trinajstić information content (AvgIpc) is 2.65. The van der Waals surface area contributed by atoms with E-state index in [1.54, 1.807) is 11.3 Å². The van der Waals surface area contributed by atoms with Crippen molar-refractivity contribution in [1.29, 1.82) is 0 Å². The van der Waals surface area contributed by atoms with Crippen molar-refractivity contribution < 1.29 is 0 Å². The Morgan fingerprint density at radius 1 is 1.38 bits per heavy atom.